The number of alkyl halides is 2. The summed E-state index contributed by atoms with van der Waals surface area (Å²) < 4.78 is 41.5. The first-order valence-corrected chi connectivity index (χ1v) is 13.3. The van der Waals surface area contributed by atoms with E-state index in [1.807, 2.05) is 6.07 Å². The predicted molar refractivity (Wildman–Crippen MR) is 149 cm³/mol. The largest absolute Gasteiger partial charge is 0.383 e. The second-order valence-electron chi connectivity index (χ2n) is 11.4. The summed E-state index contributed by atoms with van der Waals surface area (Å²) in [7, 11) is 0. The molecule has 0 bridgehead atoms. The number of pyridine rings is 2. The molecule has 0 amide bonds. The number of benzene rings is 1. The first-order chi connectivity index (χ1) is 18.9. The number of rotatable bonds is 8. The molecule has 8 nitrogen and oxygen atoms in total. The molecule has 1 saturated carbocycles. The Hall–Kier alpha value is -3.75. The van der Waals surface area contributed by atoms with Crippen LogP contribution < -0.4 is 21.6 Å². The van der Waals surface area contributed by atoms with Crippen molar-refractivity contribution in [3.8, 4) is 6.07 Å². The van der Waals surface area contributed by atoms with Gasteiger partial charge in [-0.1, -0.05) is 38.4 Å². The van der Waals surface area contributed by atoms with E-state index in [4.69, 9.17) is 11.6 Å². The average Bonchev–Trinajstić information content (AvgIpc) is 3.56. The molecule has 1 aliphatic heterocycles. The quantitative estimate of drug-likeness (QED) is 0.238. The Kier molecular flexibility index (Phi) is 7.18. The number of aryl methyl sites for hydroxylation is 1. The van der Waals surface area contributed by atoms with Gasteiger partial charge in [0.25, 0.3) is 6.43 Å². The Morgan fingerprint density at radius 2 is 2.00 bits per heavy atom. The van der Waals surface area contributed by atoms with Crippen molar-refractivity contribution >= 4 is 33.9 Å². The highest BCUT2D eigenvalue weighted by Crippen LogP contribution is 2.47. The van der Waals surface area contributed by atoms with Gasteiger partial charge in [0, 0.05) is 41.3 Å². The van der Waals surface area contributed by atoms with Crippen molar-refractivity contribution in [2.75, 3.05) is 17.2 Å². The van der Waals surface area contributed by atoms with Gasteiger partial charge in [0.15, 0.2) is 0 Å². The van der Waals surface area contributed by atoms with E-state index in [9.17, 15) is 18.4 Å². The van der Waals surface area contributed by atoms with E-state index in [2.05, 4.69) is 58.4 Å². The van der Waals surface area contributed by atoms with E-state index in [0.29, 0.717) is 69.2 Å². The van der Waals surface area contributed by atoms with Crippen LogP contribution >= 0.6 is 11.6 Å². The van der Waals surface area contributed by atoms with Crippen LogP contribution in [0.2, 0.25) is 5.02 Å². The lowest BCUT2D eigenvalue weighted by Crippen LogP contribution is -2.48. The van der Waals surface area contributed by atoms with Crippen LogP contribution in [0.25, 0.3) is 10.9 Å². The molecular weight excluding hydrogens is 541 g/mol. The fourth-order valence-electron chi connectivity index (χ4n) is 4.71. The van der Waals surface area contributed by atoms with Crippen LogP contribution in [0.15, 0.2) is 42.4 Å². The molecule has 210 valence electrons. The molecule has 0 unspecified atom stereocenters. The van der Waals surface area contributed by atoms with Gasteiger partial charge in [-0.15, -0.1) is 5.53 Å². The summed E-state index contributed by atoms with van der Waals surface area (Å²) >= 11 is 6.68. The third-order valence-corrected chi connectivity index (χ3v) is 7.39. The molecular formula is C28H30ClF3N8. The van der Waals surface area contributed by atoms with Crippen molar-refractivity contribution < 1.29 is 13.2 Å². The Labute approximate surface area is 235 Å². The van der Waals surface area contributed by atoms with Crippen molar-refractivity contribution in [1.82, 2.24) is 25.9 Å². The van der Waals surface area contributed by atoms with E-state index in [0.717, 1.165) is 0 Å². The Balaban J connectivity index is 1.58. The molecule has 0 saturated heterocycles. The zero-order valence-corrected chi connectivity index (χ0v) is 23.3. The Morgan fingerprint density at radius 3 is 2.62 bits per heavy atom. The van der Waals surface area contributed by atoms with E-state index in [1.165, 1.54) is 17.3 Å². The van der Waals surface area contributed by atoms with Crippen molar-refractivity contribution in [2.24, 2.45) is 5.41 Å². The van der Waals surface area contributed by atoms with Crippen LogP contribution in [-0.2, 0) is 0 Å². The number of nitrogens with one attached hydrogen (secondary N) is 4. The first kappa shape index (κ1) is 27.8. The van der Waals surface area contributed by atoms with Crippen LogP contribution in [0.4, 0.5) is 24.5 Å². The summed E-state index contributed by atoms with van der Waals surface area (Å²) in [6, 6.07) is 7.96. The maximum atomic E-state index is 13.9. The number of hydrazine groups is 2. The van der Waals surface area contributed by atoms with Crippen LogP contribution in [0, 0.1) is 29.6 Å². The summed E-state index contributed by atoms with van der Waals surface area (Å²) in [4.78, 5) is 8.38. The highest BCUT2D eigenvalue weighted by molar-refractivity contribution is 6.35. The molecule has 2 aromatic heterocycles. The van der Waals surface area contributed by atoms with Crippen LogP contribution in [0.3, 0.4) is 0 Å². The minimum Gasteiger partial charge on any atom is -0.383 e. The predicted octanol–water partition coefficient (Wildman–Crippen LogP) is 6.18. The molecule has 1 fully saturated rings. The molecule has 0 radical (unpaired) electrons. The average molecular weight is 571 g/mol. The minimum atomic E-state index is -2.53. The Morgan fingerprint density at radius 1 is 1.25 bits per heavy atom. The number of aromatic nitrogens is 2. The van der Waals surface area contributed by atoms with E-state index >= 15 is 0 Å². The molecule has 40 heavy (non-hydrogen) atoms. The highest BCUT2D eigenvalue weighted by Gasteiger charge is 2.56. The lowest BCUT2D eigenvalue weighted by molar-refractivity contribution is 0.00911. The molecule has 2 aliphatic rings. The zero-order valence-electron chi connectivity index (χ0n) is 22.5. The van der Waals surface area contributed by atoms with E-state index in [-0.39, 0.29) is 5.41 Å². The molecule has 1 aromatic carbocycles. The molecule has 12 heteroatoms. The van der Waals surface area contributed by atoms with Crippen molar-refractivity contribution in [1.29, 1.82) is 5.26 Å². The third kappa shape index (κ3) is 5.33. The van der Waals surface area contributed by atoms with Crippen molar-refractivity contribution in [2.45, 2.75) is 58.5 Å². The number of nitrogens with zero attached hydrogens (tertiary/aromatic N) is 4. The lowest BCUT2D eigenvalue weighted by atomic mass is 9.96. The van der Waals surface area contributed by atoms with Gasteiger partial charge >= 0.3 is 0 Å². The molecule has 3 heterocycles. The van der Waals surface area contributed by atoms with Crippen LogP contribution in [0.1, 0.15) is 56.5 Å². The van der Waals surface area contributed by atoms with E-state index < -0.39 is 24.0 Å². The van der Waals surface area contributed by atoms with E-state index in [1.54, 1.807) is 25.3 Å². The summed E-state index contributed by atoms with van der Waals surface area (Å²) in [6.45, 7) is 8.53. The van der Waals surface area contributed by atoms with Gasteiger partial charge in [-0.25, -0.2) is 13.8 Å². The third-order valence-electron chi connectivity index (χ3n) is 7.10. The second kappa shape index (κ2) is 10.3. The lowest BCUT2D eigenvalue weighted by Gasteiger charge is -2.25. The Bertz CT molecular complexity index is 1520. The standard InChI is InChI=1S/C28H30ClF3N8/c1-15-18(5-6-22(30)36-15)25(21-13-40(39-38-21)28(7-8-28)26(31)32)37-17-9-19-23(35-14-27(2,3)4)16(11-33)12-34-24(19)20(29)10-17/h5-6,9-10,12-13,25-26,37-39H,7-8,14H2,1-4H3,(H,34,35)/t25-/m0/s1. The maximum absolute atomic E-state index is 13.9. The summed E-state index contributed by atoms with van der Waals surface area (Å²) in [5.41, 5.74) is 8.23. The van der Waals surface area contributed by atoms with Crippen LogP contribution in [0.5, 0.6) is 0 Å². The van der Waals surface area contributed by atoms with Crippen LogP contribution in [-0.4, -0.2) is 33.5 Å². The number of fused-ring (bicyclic) bond motifs is 1. The van der Waals surface area contributed by atoms with Gasteiger partial charge in [-0.2, -0.15) is 9.65 Å². The molecule has 0 spiro atoms. The minimum absolute atomic E-state index is 0.0587. The number of hydrogen-bond acceptors (Lipinski definition) is 8. The number of nitriles is 1. The summed E-state index contributed by atoms with van der Waals surface area (Å²) in [5, 5.41) is 19.0. The molecule has 4 N–H and O–H groups in total. The SMILES string of the molecule is Cc1nc(F)ccc1[C@H](Nc1cc(Cl)c2ncc(C#N)c(NCC(C)(C)C)c2c1)C1=CN(C2(C(F)F)CC2)NN1. The topological polar surface area (TPSA) is 101 Å². The zero-order chi connectivity index (χ0) is 28.8. The van der Waals surface area contributed by atoms with Crippen molar-refractivity contribution in [3.63, 3.8) is 0 Å². The molecule has 3 aromatic rings. The number of hydrogen-bond donors (Lipinski definition) is 4. The fraction of sp³-hybridized carbons (Fsp3) is 0.393. The molecule has 1 atom stereocenters. The van der Waals surface area contributed by atoms with Gasteiger partial charge < -0.3 is 16.1 Å². The number of halogens is 4. The van der Waals surface area contributed by atoms with Gasteiger partial charge in [-0.3, -0.25) is 9.99 Å². The smallest absolute Gasteiger partial charge is 0.262 e. The maximum Gasteiger partial charge on any atom is 0.262 e. The van der Waals surface area contributed by atoms with Crippen molar-refractivity contribution in [3.05, 3.63) is 70.2 Å². The number of anilines is 2. The highest BCUT2D eigenvalue weighted by atomic mass is 35.5. The molecule has 1 aliphatic carbocycles. The monoisotopic (exact) mass is 570 g/mol. The summed E-state index contributed by atoms with van der Waals surface area (Å²) in [6.07, 6.45) is 1.29. The van der Waals surface area contributed by atoms with Gasteiger partial charge in [0.1, 0.15) is 11.6 Å². The normalized spacial score (nSPS) is 16.9. The van der Waals surface area contributed by atoms with Gasteiger partial charge in [-0.05, 0) is 43.4 Å². The first-order valence-electron chi connectivity index (χ1n) is 12.9. The summed E-state index contributed by atoms with van der Waals surface area (Å²) in [5.74, 6) is -0.624. The second-order valence-corrected chi connectivity index (χ2v) is 11.8. The van der Waals surface area contributed by atoms with Gasteiger partial charge in [0.2, 0.25) is 5.95 Å². The molecule has 5 rings (SSSR count). The van der Waals surface area contributed by atoms with Gasteiger partial charge in [0.05, 0.1) is 33.5 Å². The fourth-order valence-corrected chi connectivity index (χ4v) is 4.98.